The van der Waals surface area contributed by atoms with Gasteiger partial charge in [0.05, 0.1) is 5.75 Å². The molecule has 1 aromatic rings. The maximum atomic E-state index is 11.4. The van der Waals surface area contributed by atoms with E-state index in [4.69, 9.17) is 5.73 Å². The number of nitrogens with one attached hydrogen (secondary N) is 3. The van der Waals surface area contributed by atoms with Crippen molar-refractivity contribution < 1.29 is 9.59 Å². The van der Waals surface area contributed by atoms with Gasteiger partial charge in [-0.2, -0.15) is 0 Å². The minimum Gasteiger partial charge on any atom is -0.383 e. The number of urea groups is 1. The molecule has 0 aliphatic carbocycles. The molecule has 0 aliphatic rings. The van der Waals surface area contributed by atoms with Gasteiger partial charge >= 0.3 is 6.03 Å². The van der Waals surface area contributed by atoms with Gasteiger partial charge in [-0.15, -0.1) is 6.58 Å². The Bertz CT molecular complexity index is 542. The van der Waals surface area contributed by atoms with E-state index < -0.39 is 17.5 Å². The number of hydrogen-bond acceptors (Lipinski definition) is 6. The lowest BCUT2D eigenvalue weighted by molar-refractivity contribution is -0.117. The fourth-order valence-electron chi connectivity index (χ4n) is 1.03. The Balaban J connectivity index is 2.43. The van der Waals surface area contributed by atoms with Gasteiger partial charge in [-0.3, -0.25) is 14.9 Å². The molecular weight excluding hydrogens is 270 g/mol. The molecule has 1 aromatic heterocycles. The van der Waals surface area contributed by atoms with Gasteiger partial charge in [-0.1, -0.05) is 17.8 Å². The van der Waals surface area contributed by atoms with Crippen molar-refractivity contribution in [1.82, 2.24) is 20.6 Å². The Morgan fingerprint density at radius 1 is 1.58 bits per heavy atom. The SMILES string of the molecule is C=CCNC(=O)NC(=O)CSc1nc(N)cc(=O)[nH]1. The van der Waals surface area contributed by atoms with E-state index in [0.717, 1.165) is 17.8 Å². The first kappa shape index (κ1) is 14.8. The normalized spacial score (nSPS) is 9.68. The average Bonchev–Trinajstić information content (AvgIpc) is 2.33. The van der Waals surface area contributed by atoms with E-state index in [1.54, 1.807) is 0 Å². The third-order valence-corrected chi connectivity index (χ3v) is 2.61. The zero-order chi connectivity index (χ0) is 14.3. The molecule has 0 aliphatic heterocycles. The summed E-state index contributed by atoms with van der Waals surface area (Å²) >= 11 is 0.964. The standard InChI is InChI=1S/C10H13N5O3S/c1-2-3-12-9(18)14-8(17)5-19-10-13-6(11)4-7(16)15-10/h2,4H,1,3,5H2,(H3,11,13,15,16)(H2,12,14,17,18). The van der Waals surface area contributed by atoms with Crippen LogP contribution in [0.15, 0.2) is 28.7 Å². The number of imide groups is 1. The van der Waals surface area contributed by atoms with Crippen LogP contribution >= 0.6 is 11.8 Å². The molecule has 0 aromatic carbocycles. The predicted molar refractivity (Wildman–Crippen MR) is 71.7 cm³/mol. The van der Waals surface area contributed by atoms with E-state index in [1.807, 2.05) is 0 Å². The van der Waals surface area contributed by atoms with Gasteiger partial charge in [0.1, 0.15) is 5.82 Å². The number of anilines is 1. The molecule has 0 bridgehead atoms. The lowest BCUT2D eigenvalue weighted by atomic mass is 10.6. The summed E-state index contributed by atoms with van der Waals surface area (Å²) < 4.78 is 0. The molecule has 0 saturated carbocycles. The van der Waals surface area contributed by atoms with Crippen LogP contribution in [0.25, 0.3) is 0 Å². The van der Waals surface area contributed by atoms with E-state index in [9.17, 15) is 14.4 Å². The van der Waals surface area contributed by atoms with E-state index in [1.165, 1.54) is 6.08 Å². The molecule has 5 N–H and O–H groups in total. The Morgan fingerprint density at radius 2 is 2.32 bits per heavy atom. The molecule has 1 rings (SSSR count). The van der Waals surface area contributed by atoms with Crippen molar-refractivity contribution in [2.45, 2.75) is 5.16 Å². The summed E-state index contributed by atoms with van der Waals surface area (Å²) in [6.07, 6.45) is 1.49. The molecule has 0 atom stereocenters. The Morgan fingerprint density at radius 3 is 2.95 bits per heavy atom. The van der Waals surface area contributed by atoms with Crippen molar-refractivity contribution in [3.8, 4) is 0 Å². The third-order valence-electron chi connectivity index (χ3n) is 1.74. The van der Waals surface area contributed by atoms with Gasteiger partial charge < -0.3 is 16.0 Å². The van der Waals surface area contributed by atoms with E-state index in [2.05, 4.69) is 27.2 Å². The van der Waals surface area contributed by atoms with Gasteiger partial charge in [0.2, 0.25) is 5.91 Å². The number of nitrogens with two attached hydrogens (primary N) is 1. The first-order valence-corrected chi connectivity index (χ1v) is 6.18. The maximum absolute atomic E-state index is 11.4. The zero-order valence-corrected chi connectivity index (χ0v) is 10.8. The number of nitrogens with zero attached hydrogens (tertiary/aromatic N) is 1. The summed E-state index contributed by atoms with van der Waals surface area (Å²) in [5.74, 6) is -0.527. The van der Waals surface area contributed by atoms with Gasteiger partial charge in [-0.05, 0) is 0 Å². The second kappa shape index (κ2) is 7.21. The monoisotopic (exact) mass is 283 g/mol. The summed E-state index contributed by atoms with van der Waals surface area (Å²) in [5.41, 5.74) is 4.98. The second-order valence-corrected chi connectivity index (χ2v) is 4.28. The fourth-order valence-corrected chi connectivity index (χ4v) is 1.71. The van der Waals surface area contributed by atoms with Crippen LogP contribution in [-0.4, -0.2) is 34.2 Å². The minimum atomic E-state index is -0.612. The number of hydrogen-bond donors (Lipinski definition) is 4. The summed E-state index contributed by atoms with van der Waals surface area (Å²) in [5, 5.41) is 4.71. The Hall–Kier alpha value is -2.29. The van der Waals surface area contributed by atoms with Crippen LogP contribution in [0.3, 0.4) is 0 Å². The first-order valence-electron chi connectivity index (χ1n) is 5.19. The molecule has 8 nitrogen and oxygen atoms in total. The number of rotatable bonds is 5. The minimum absolute atomic E-state index is 0.0652. The summed E-state index contributed by atoms with van der Waals surface area (Å²) in [7, 11) is 0. The summed E-state index contributed by atoms with van der Waals surface area (Å²) in [6, 6.07) is 0.520. The highest BCUT2D eigenvalue weighted by Gasteiger charge is 2.08. The van der Waals surface area contributed by atoms with Crippen molar-refractivity contribution >= 4 is 29.5 Å². The van der Waals surface area contributed by atoms with E-state index in [-0.39, 0.29) is 23.3 Å². The van der Waals surface area contributed by atoms with Crippen molar-refractivity contribution in [2.75, 3.05) is 18.0 Å². The maximum Gasteiger partial charge on any atom is 0.321 e. The first-order chi connectivity index (χ1) is 9.01. The van der Waals surface area contributed by atoms with E-state index >= 15 is 0 Å². The fraction of sp³-hybridized carbons (Fsp3) is 0.200. The molecule has 0 fully saturated rings. The summed E-state index contributed by atoms with van der Waals surface area (Å²) in [4.78, 5) is 39.9. The largest absolute Gasteiger partial charge is 0.383 e. The highest BCUT2D eigenvalue weighted by Crippen LogP contribution is 2.10. The number of carbonyl (C=O) groups excluding carboxylic acids is 2. The van der Waals surface area contributed by atoms with Crippen molar-refractivity contribution in [3.05, 3.63) is 29.1 Å². The predicted octanol–water partition coefficient (Wildman–Crippen LogP) is -0.544. The van der Waals surface area contributed by atoms with Gasteiger partial charge in [0.25, 0.3) is 5.56 Å². The van der Waals surface area contributed by atoms with Crippen LogP contribution in [-0.2, 0) is 4.79 Å². The third kappa shape index (κ3) is 5.73. The molecular formula is C10H13N5O3S. The number of amides is 3. The number of H-pyrrole nitrogens is 1. The van der Waals surface area contributed by atoms with Crippen LogP contribution in [0.1, 0.15) is 0 Å². The van der Waals surface area contributed by atoms with E-state index in [0.29, 0.717) is 0 Å². The molecule has 9 heteroatoms. The molecule has 0 radical (unpaired) electrons. The van der Waals surface area contributed by atoms with Crippen LogP contribution in [0.5, 0.6) is 0 Å². The zero-order valence-electron chi connectivity index (χ0n) is 9.93. The van der Waals surface area contributed by atoms with Crippen molar-refractivity contribution in [2.24, 2.45) is 0 Å². The van der Waals surface area contributed by atoms with Crippen LogP contribution in [0.2, 0.25) is 0 Å². The Kier molecular flexibility index (Phi) is 5.61. The van der Waals surface area contributed by atoms with Crippen LogP contribution in [0.4, 0.5) is 10.6 Å². The molecule has 0 spiro atoms. The summed E-state index contributed by atoms with van der Waals surface area (Å²) in [6.45, 7) is 3.68. The molecule has 0 saturated heterocycles. The number of nitrogen functional groups attached to an aromatic ring is 1. The van der Waals surface area contributed by atoms with Gasteiger partial charge in [0, 0.05) is 12.6 Å². The number of aromatic nitrogens is 2. The molecule has 1 heterocycles. The smallest absolute Gasteiger partial charge is 0.321 e. The highest BCUT2D eigenvalue weighted by atomic mass is 32.2. The van der Waals surface area contributed by atoms with Crippen molar-refractivity contribution in [3.63, 3.8) is 0 Å². The molecule has 19 heavy (non-hydrogen) atoms. The number of thioether (sulfide) groups is 1. The molecule has 0 unspecified atom stereocenters. The van der Waals surface area contributed by atoms with Crippen molar-refractivity contribution in [1.29, 1.82) is 0 Å². The highest BCUT2D eigenvalue weighted by molar-refractivity contribution is 7.99. The lowest BCUT2D eigenvalue weighted by Gasteiger charge is -2.04. The van der Waals surface area contributed by atoms with Gasteiger partial charge in [-0.25, -0.2) is 9.78 Å². The second-order valence-electron chi connectivity index (χ2n) is 3.31. The van der Waals surface area contributed by atoms with Gasteiger partial charge in [0.15, 0.2) is 5.16 Å². The Labute approximate surface area is 112 Å². The average molecular weight is 283 g/mol. The number of aromatic amines is 1. The van der Waals surface area contributed by atoms with Crippen LogP contribution < -0.4 is 21.9 Å². The molecule has 102 valence electrons. The number of carbonyl (C=O) groups is 2. The molecule has 3 amide bonds. The quantitative estimate of drug-likeness (QED) is 0.326. The van der Waals surface area contributed by atoms with Crippen LogP contribution in [0, 0.1) is 0 Å². The topological polar surface area (TPSA) is 130 Å². The lowest BCUT2D eigenvalue weighted by Crippen LogP contribution is -2.40.